The Bertz CT molecular complexity index is 1200. The summed E-state index contributed by atoms with van der Waals surface area (Å²) in [6.45, 7) is 0.0388. The Labute approximate surface area is 192 Å². The van der Waals surface area contributed by atoms with Crippen molar-refractivity contribution in [3.8, 4) is 0 Å². The highest BCUT2D eigenvalue weighted by atomic mass is 32.2. The Morgan fingerprint density at radius 3 is 2.33 bits per heavy atom. The molecule has 2 aromatic carbocycles. The molecule has 8 nitrogen and oxygen atoms in total. The number of hydrogen-bond acceptors (Lipinski definition) is 6. The van der Waals surface area contributed by atoms with Gasteiger partial charge in [-0.2, -0.15) is 0 Å². The highest BCUT2D eigenvalue weighted by molar-refractivity contribution is 7.89. The number of nitrogens with one attached hydrogen (secondary N) is 1. The Balaban J connectivity index is 1.65. The summed E-state index contributed by atoms with van der Waals surface area (Å²) < 4.78 is 37.8. The smallest absolute Gasteiger partial charge is 0.331 e. The van der Waals surface area contributed by atoms with Gasteiger partial charge in [0.25, 0.3) is 5.91 Å². The van der Waals surface area contributed by atoms with Crippen LogP contribution >= 0.6 is 0 Å². The first-order chi connectivity index (χ1) is 15.8. The number of hydrogen-bond donors (Lipinski definition) is 1. The van der Waals surface area contributed by atoms with E-state index in [0.29, 0.717) is 16.9 Å². The summed E-state index contributed by atoms with van der Waals surface area (Å²) in [5.74, 6) is -0.561. The number of carbonyl (C=O) groups excluding carboxylic acids is 2. The first-order valence-electron chi connectivity index (χ1n) is 10.0. The second-order valence-corrected chi connectivity index (χ2v) is 9.03. The molecule has 0 aliphatic rings. The molecule has 0 bridgehead atoms. The minimum Gasteiger partial charge on any atom is -0.468 e. The summed E-state index contributed by atoms with van der Waals surface area (Å²) >= 11 is 0. The molecule has 33 heavy (non-hydrogen) atoms. The van der Waals surface area contributed by atoms with Crippen LogP contribution in [0.5, 0.6) is 0 Å². The molecule has 0 fully saturated rings. The number of carbonyl (C=O) groups is 2. The SMILES string of the molecule is CN(C)C(=O)C(OC(=O)/C=C/c1ccc(S(=O)(=O)NCc2ccco2)cc1)c1ccccc1. The van der Waals surface area contributed by atoms with E-state index in [1.54, 1.807) is 68.7 Å². The molecule has 0 spiro atoms. The number of sulfonamides is 1. The molecule has 3 aromatic rings. The van der Waals surface area contributed by atoms with Crippen LogP contribution in [0, 0.1) is 0 Å². The largest absolute Gasteiger partial charge is 0.468 e. The number of rotatable bonds is 9. The molecule has 1 unspecified atom stereocenters. The Morgan fingerprint density at radius 1 is 1.03 bits per heavy atom. The standard InChI is InChI=1S/C24H24N2O6S/c1-26(2)24(28)23(19-7-4-3-5-8-19)32-22(27)15-12-18-10-13-21(14-11-18)33(29,30)25-17-20-9-6-16-31-20/h3-16,23,25H,17H2,1-2H3/b15-12+. The van der Waals surface area contributed by atoms with E-state index in [1.165, 1.54) is 35.4 Å². The van der Waals surface area contributed by atoms with Crippen molar-refractivity contribution >= 4 is 28.0 Å². The van der Waals surface area contributed by atoms with Gasteiger partial charge in [-0.15, -0.1) is 0 Å². The molecule has 1 atom stereocenters. The van der Waals surface area contributed by atoms with Crippen molar-refractivity contribution in [2.24, 2.45) is 0 Å². The normalized spacial score (nSPS) is 12.4. The van der Waals surface area contributed by atoms with E-state index in [4.69, 9.17) is 9.15 Å². The number of likely N-dealkylation sites (N-methyl/N-ethyl adjacent to an activating group) is 1. The Kier molecular flexibility index (Phi) is 7.81. The lowest BCUT2D eigenvalue weighted by atomic mass is 10.1. The molecule has 1 N–H and O–H groups in total. The van der Waals surface area contributed by atoms with Crippen LogP contribution in [-0.4, -0.2) is 39.3 Å². The van der Waals surface area contributed by atoms with Crippen molar-refractivity contribution in [2.45, 2.75) is 17.5 Å². The van der Waals surface area contributed by atoms with Gasteiger partial charge in [0.1, 0.15) is 5.76 Å². The van der Waals surface area contributed by atoms with Crippen LogP contribution in [0.3, 0.4) is 0 Å². The zero-order valence-corrected chi connectivity index (χ0v) is 19.0. The summed E-state index contributed by atoms with van der Waals surface area (Å²) in [5.41, 5.74) is 1.15. The first kappa shape index (κ1) is 24.0. The van der Waals surface area contributed by atoms with Crippen molar-refractivity contribution in [3.05, 3.63) is 96.0 Å². The fraction of sp³-hybridized carbons (Fsp3) is 0.167. The van der Waals surface area contributed by atoms with Gasteiger partial charge in [-0.05, 0) is 35.9 Å². The lowest BCUT2D eigenvalue weighted by Crippen LogP contribution is -2.30. The van der Waals surface area contributed by atoms with Crippen LogP contribution in [0.25, 0.3) is 6.08 Å². The average Bonchev–Trinajstić information content (AvgIpc) is 3.34. The van der Waals surface area contributed by atoms with Gasteiger partial charge < -0.3 is 14.1 Å². The van der Waals surface area contributed by atoms with E-state index in [2.05, 4.69) is 4.72 Å². The summed E-state index contributed by atoms with van der Waals surface area (Å²) in [5, 5.41) is 0. The van der Waals surface area contributed by atoms with Crippen LogP contribution in [-0.2, 0) is 30.9 Å². The van der Waals surface area contributed by atoms with Crippen LogP contribution in [0.2, 0.25) is 0 Å². The number of ether oxygens (including phenoxy) is 1. The van der Waals surface area contributed by atoms with Gasteiger partial charge in [0.15, 0.2) is 0 Å². The fourth-order valence-electron chi connectivity index (χ4n) is 2.86. The second kappa shape index (κ2) is 10.8. The van der Waals surface area contributed by atoms with Gasteiger partial charge in [-0.3, -0.25) is 4.79 Å². The summed E-state index contributed by atoms with van der Waals surface area (Å²) in [7, 11) is -0.548. The maximum atomic E-state index is 12.5. The van der Waals surface area contributed by atoms with E-state index < -0.39 is 22.1 Å². The molecule has 3 rings (SSSR count). The molecule has 1 heterocycles. The van der Waals surface area contributed by atoms with E-state index in [-0.39, 0.29) is 17.3 Å². The maximum absolute atomic E-state index is 12.5. The molecular formula is C24H24N2O6S. The predicted octanol–water partition coefficient (Wildman–Crippen LogP) is 3.14. The monoisotopic (exact) mass is 468 g/mol. The van der Waals surface area contributed by atoms with Crippen LogP contribution in [0.4, 0.5) is 0 Å². The average molecular weight is 469 g/mol. The van der Waals surface area contributed by atoms with Crippen LogP contribution in [0.15, 0.2) is 88.4 Å². The van der Waals surface area contributed by atoms with Crippen LogP contribution in [0.1, 0.15) is 23.0 Å². The van der Waals surface area contributed by atoms with Gasteiger partial charge in [-0.25, -0.2) is 17.9 Å². The fourth-order valence-corrected chi connectivity index (χ4v) is 3.86. The topological polar surface area (TPSA) is 106 Å². The van der Waals surface area contributed by atoms with E-state index in [0.717, 1.165) is 0 Å². The third-order valence-corrected chi connectivity index (χ3v) is 6.04. The lowest BCUT2D eigenvalue weighted by molar-refractivity contribution is -0.155. The van der Waals surface area contributed by atoms with E-state index >= 15 is 0 Å². The molecule has 9 heteroatoms. The number of amides is 1. The quantitative estimate of drug-likeness (QED) is 0.382. The van der Waals surface area contributed by atoms with Crippen LogP contribution < -0.4 is 4.72 Å². The van der Waals surface area contributed by atoms with E-state index in [1.807, 2.05) is 0 Å². The Hall–Kier alpha value is -3.69. The molecule has 1 amide bonds. The van der Waals surface area contributed by atoms with Gasteiger partial charge in [0.2, 0.25) is 16.1 Å². The highest BCUT2D eigenvalue weighted by Crippen LogP contribution is 2.20. The molecule has 0 saturated heterocycles. The molecule has 0 radical (unpaired) electrons. The van der Waals surface area contributed by atoms with Crippen molar-refractivity contribution in [2.75, 3.05) is 14.1 Å². The van der Waals surface area contributed by atoms with Crippen molar-refractivity contribution in [3.63, 3.8) is 0 Å². The second-order valence-electron chi connectivity index (χ2n) is 7.27. The summed E-state index contributed by atoms with van der Waals surface area (Å²) in [6.07, 6.45) is 3.08. The number of benzene rings is 2. The summed E-state index contributed by atoms with van der Waals surface area (Å²) in [6, 6.07) is 18.1. The van der Waals surface area contributed by atoms with Gasteiger partial charge in [0, 0.05) is 25.7 Å². The third kappa shape index (κ3) is 6.64. The zero-order chi connectivity index (χ0) is 23.8. The molecular weight excluding hydrogens is 444 g/mol. The van der Waals surface area contributed by atoms with Crippen molar-refractivity contribution in [1.29, 1.82) is 0 Å². The highest BCUT2D eigenvalue weighted by Gasteiger charge is 2.25. The minimum absolute atomic E-state index is 0.0388. The lowest BCUT2D eigenvalue weighted by Gasteiger charge is -2.20. The van der Waals surface area contributed by atoms with Gasteiger partial charge >= 0.3 is 5.97 Å². The first-order valence-corrected chi connectivity index (χ1v) is 11.5. The third-order valence-electron chi connectivity index (χ3n) is 4.62. The zero-order valence-electron chi connectivity index (χ0n) is 18.2. The summed E-state index contributed by atoms with van der Waals surface area (Å²) in [4.78, 5) is 26.3. The van der Waals surface area contributed by atoms with Gasteiger partial charge in [0.05, 0.1) is 17.7 Å². The van der Waals surface area contributed by atoms with Gasteiger partial charge in [-0.1, -0.05) is 42.5 Å². The molecule has 0 aliphatic heterocycles. The molecule has 0 saturated carbocycles. The number of furan rings is 1. The molecule has 1 aromatic heterocycles. The predicted molar refractivity (Wildman–Crippen MR) is 122 cm³/mol. The maximum Gasteiger partial charge on any atom is 0.331 e. The Morgan fingerprint density at radius 2 is 1.73 bits per heavy atom. The van der Waals surface area contributed by atoms with Crippen molar-refractivity contribution < 1.29 is 27.2 Å². The van der Waals surface area contributed by atoms with Crippen molar-refractivity contribution in [1.82, 2.24) is 9.62 Å². The molecule has 172 valence electrons. The number of esters is 1. The van der Waals surface area contributed by atoms with E-state index in [9.17, 15) is 18.0 Å². The minimum atomic E-state index is -3.72. The number of nitrogens with zero attached hydrogens (tertiary/aromatic N) is 1. The molecule has 0 aliphatic carbocycles.